The Bertz CT molecular complexity index is 460. The fraction of sp³-hybridized carbons (Fsp3) is 0.333. The van der Waals surface area contributed by atoms with E-state index in [0.717, 1.165) is 17.9 Å². The van der Waals surface area contributed by atoms with Crippen LogP contribution in [-0.2, 0) is 6.54 Å². The number of methoxy groups -OCH3 is 1. The van der Waals surface area contributed by atoms with E-state index < -0.39 is 0 Å². The van der Waals surface area contributed by atoms with Gasteiger partial charge in [-0.05, 0) is 20.2 Å². The molecule has 0 spiro atoms. The van der Waals surface area contributed by atoms with Gasteiger partial charge in [0.1, 0.15) is 0 Å². The molecule has 0 fully saturated rings. The summed E-state index contributed by atoms with van der Waals surface area (Å²) in [4.78, 5) is 5.41. The quantitative estimate of drug-likeness (QED) is 0.830. The molecule has 0 aliphatic carbocycles. The monoisotopic (exact) mass is 204 g/mol. The molecular formula is C12H16N2O. The Labute approximate surface area is 89.7 Å². The molecule has 1 N–H and O–H groups in total. The summed E-state index contributed by atoms with van der Waals surface area (Å²) < 4.78 is 5.35. The first-order valence-electron chi connectivity index (χ1n) is 5.00. The second-order valence-corrected chi connectivity index (χ2v) is 3.92. The Balaban J connectivity index is 2.56. The summed E-state index contributed by atoms with van der Waals surface area (Å²) >= 11 is 0. The van der Waals surface area contributed by atoms with Crippen LogP contribution in [0.25, 0.3) is 10.9 Å². The lowest BCUT2D eigenvalue weighted by Gasteiger charge is -2.09. The molecule has 0 atom stereocenters. The normalized spacial score (nSPS) is 11.2. The summed E-state index contributed by atoms with van der Waals surface area (Å²) in [6.07, 6.45) is 0. The second-order valence-electron chi connectivity index (χ2n) is 3.92. The summed E-state index contributed by atoms with van der Waals surface area (Å²) in [5.41, 5.74) is 2.35. The maximum atomic E-state index is 5.35. The molecule has 1 aromatic heterocycles. The Hall–Kier alpha value is -1.48. The second kappa shape index (κ2) is 3.95. The van der Waals surface area contributed by atoms with E-state index in [1.165, 1.54) is 10.9 Å². The molecule has 0 radical (unpaired) electrons. The summed E-state index contributed by atoms with van der Waals surface area (Å²) in [6.45, 7) is 0.882. The number of benzene rings is 1. The lowest BCUT2D eigenvalue weighted by Crippen LogP contribution is -2.11. The summed E-state index contributed by atoms with van der Waals surface area (Å²) in [5.74, 6) is 0.866. The van der Waals surface area contributed by atoms with Crippen molar-refractivity contribution in [3.8, 4) is 5.88 Å². The van der Waals surface area contributed by atoms with Crippen LogP contribution >= 0.6 is 0 Å². The Kier molecular flexibility index (Phi) is 2.64. The number of para-hydroxylation sites is 1. The maximum Gasteiger partial charge on any atom is 0.196 e. The number of H-pyrrole nitrogens is 1. The number of fused-ring (bicyclic) bond motifs is 1. The van der Waals surface area contributed by atoms with Crippen molar-refractivity contribution in [2.45, 2.75) is 6.54 Å². The number of nitrogens with zero attached hydrogens (tertiary/aromatic N) is 1. The zero-order chi connectivity index (χ0) is 10.8. The highest BCUT2D eigenvalue weighted by Gasteiger charge is 2.11. The fourth-order valence-corrected chi connectivity index (χ4v) is 1.82. The number of hydrogen-bond acceptors (Lipinski definition) is 2. The fourth-order valence-electron chi connectivity index (χ4n) is 1.82. The molecule has 3 heteroatoms. The van der Waals surface area contributed by atoms with Gasteiger partial charge in [0.05, 0.1) is 7.11 Å². The van der Waals surface area contributed by atoms with Gasteiger partial charge in [0.25, 0.3) is 0 Å². The van der Waals surface area contributed by atoms with Crippen molar-refractivity contribution < 1.29 is 4.74 Å². The highest BCUT2D eigenvalue weighted by Crippen LogP contribution is 2.28. The Morgan fingerprint density at radius 2 is 2.00 bits per heavy atom. The topological polar surface area (TPSA) is 28.3 Å². The molecule has 1 aromatic carbocycles. The van der Waals surface area contributed by atoms with Crippen LogP contribution in [0.1, 0.15) is 5.56 Å². The van der Waals surface area contributed by atoms with Crippen molar-refractivity contribution in [3.63, 3.8) is 0 Å². The van der Waals surface area contributed by atoms with E-state index in [-0.39, 0.29) is 0 Å². The number of aromatic amines is 1. The smallest absolute Gasteiger partial charge is 0.196 e. The van der Waals surface area contributed by atoms with Crippen LogP contribution in [0.4, 0.5) is 0 Å². The molecule has 2 aromatic rings. The summed E-state index contributed by atoms with van der Waals surface area (Å²) in [6, 6.07) is 8.26. The molecule has 0 aliphatic rings. The molecule has 3 nitrogen and oxygen atoms in total. The highest BCUT2D eigenvalue weighted by atomic mass is 16.5. The minimum atomic E-state index is 0.866. The van der Waals surface area contributed by atoms with Gasteiger partial charge in [-0.2, -0.15) is 0 Å². The Morgan fingerprint density at radius 3 is 2.67 bits per heavy atom. The number of hydrogen-bond donors (Lipinski definition) is 1. The lowest BCUT2D eigenvalue weighted by molar-refractivity contribution is 0.367. The van der Waals surface area contributed by atoms with Crippen molar-refractivity contribution >= 4 is 10.9 Å². The van der Waals surface area contributed by atoms with Gasteiger partial charge in [-0.25, -0.2) is 0 Å². The SMILES string of the molecule is COc1[nH]c2ccccc2c1CN(C)C. The molecule has 0 bridgehead atoms. The van der Waals surface area contributed by atoms with E-state index in [4.69, 9.17) is 4.74 Å². The van der Waals surface area contributed by atoms with E-state index in [1.54, 1.807) is 7.11 Å². The molecule has 0 amide bonds. The molecule has 80 valence electrons. The van der Waals surface area contributed by atoms with Gasteiger partial charge < -0.3 is 14.6 Å². The van der Waals surface area contributed by atoms with Crippen molar-refractivity contribution in [2.75, 3.05) is 21.2 Å². The molecule has 2 rings (SSSR count). The van der Waals surface area contributed by atoms with Gasteiger partial charge in [-0.15, -0.1) is 0 Å². The average molecular weight is 204 g/mol. The van der Waals surface area contributed by atoms with Crippen molar-refractivity contribution in [1.82, 2.24) is 9.88 Å². The maximum absolute atomic E-state index is 5.35. The van der Waals surface area contributed by atoms with Crippen LogP contribution < -0.4 is 4.74 Å². The molecule has 1 heterocycles. The van der Waals surface area contributed by atoms with Gasteiger partial charge in [-0.1, -0.05) is 18.2 Å². The van der Waals surface area contributed by atoms with E-state index in [9.17, 15) is 0 Å². The van der Waals surface area contributed by atoms with Crippen LogP contribution in [-0.4, -0.2) is 31.1 Å². The van der Waals surface area contributed by atoms with Crippen molar-refractivity contribution in [1.29, 1.82) is 0 Å². The van der Waals surface area contributed by atoms with Gasteiger partial charge >= 0.3 is 0 Å². The first-order valence-corrected chi connectivity index (χ1v) is 5.00. The predicted octanol–water partition coefficient (Wildman–Crippen LogP) is 2.24. The first kappa shape index (κ1) is 10.1. The third-order valence-corrected chi connectivity index (χ3v) is 2.45. The zero-order valence-electron chi connectivity index (χ0n) is 9.37. The van der Waals surface area contributed by atoms with Gasteiger partial charge in [0.2, 0.25) is 0 Å². The van der Waals surface area contributed by atoms with Crippen molar-refractivity contribution in [2.24, 2.45) is 0 Å². The third-order valence-electron chi connectivity index (χ3n) is 2.45. The van der Waals surface area contributed by atoms with Crippen molar-refractivity contribution in [3.05, 3.63) is 29.8 Å². The van der Waals surface area contributed by atoms with Crippen LogP contribution in [0.5, 0.6) is 5.88 Å². The molecule has 15 heavy (non-hydrogen) atoms. The van der Waals surface area contributed by atoms with Gasteiger partial charge in [-0.3, -0.25) is 0 Å². The first-order chi connectivity index (χ1) is 7.22. The zero-order valence-corrected chi connectivity index (χ0v) is 9.37. The van der Waals surface area contributed by atoms with E-state index in [1.807, 2.05) is 6.07 Å². The minimum absolute atomic E-state index is 0.866. The lowest BCUT2D eigenvalue weighted by atomic mass is 10.1. The Morgan fingerprint density at radius 1 is 1.27 bits per heavy atom. The average Bonchev–Trinajstić information content (AvgIpc) is 2.56. The van der Waals surface area contributed by atoms with Crippen LogP contribution in [0.15, 0.2) is 24.3 Å². The van der Waals surface area contributed by atoms with Gasteiger partial charge in [0.15, 0.2) is 5.88 Å². The summed E-state index contributed by atoms with van der Waals surface area (Å²) in [5, 5.41) is 1.24. The third kappa shape index (κ3) is 1.83. The van der Waals surface area contributed by atoms with Crippen LogP contribution in [0.2, 0.25) is 0 Å². The standard InChI is InChI=1S/C12H16N2O/c1-14(2)8-10-9-6-4-5-7-11(9)13-12(10)15-3/h4-7,13H,8H2,1-3H3. The number of ether oxygens (including phenoxy) is 1. The molecule has 0 aliphatic heterocycles. The number of nitrogens with one attached hydrogen (secondary N) is 1. The predicted molar refractivity (Wildman–Crippen MR) is 62.2 cm³/mol. The number of rotatable bonds is 3. The van der Waals surface area contributed by atoms with E-state index >= 15 is 0 Å². The van der Waals surface area contributed by atoms with Crippen LogP contribution in [0, 0.1) is 0 Å². The van der Waals surface area contributed by atoms with E-state index in [0.29, 0.717) is 0 Å². The highest BCUT2D eigenvalue weighted by molar-refractivity contribution is 5.85. The molecule has 0 saturated heterocycles. The molecule has 0 unspecified atom stereocenters. The number of aromatic nitrogens is 1. The summed E-state index contributed by atoms with van der Waals surface area (Å²) in [7, 11) is 5.81. The van der Waals surface area contributed by atoms with E-state index in [2.05, 4.69) is 42.2 Å². The van der Waals surface area contributed by atoms with Crippen LogP contribution in [0.3, 0.4) is 0 Å². The molecule has 0 saturated carbocycles. The van der Waals surface area contributed by atoms with Gasteiger partial charge in [0, 0.05) is 23.0 Å². The minimum Gasteiger partial charge on any atom is -0.482 e. The molecular weight excluding hydrogens is 188 g/mol. The largest absolute Gasteiger partial charge is 0.482 e.